The van der Waals surface area contributed by atoms with Crippen molar-refractivity contribution >= 4 is 23.2 Å². The normalized spacial score (nSPS) is 22.2. The van der Waals surface area contributed by atoms with Crippen LogP contribution in [0.25, 0.3) is 0 Å². The standard InChI is InChI=1S/C15H13ClN2O/c16-12-9-5-4-8-11(12)14-13(17)15(19)18(14)10-6-2-1-3-7-10/h1-9,13-14H,17H2/t13-,14-/m1/s1. The zero-order chi connectivity index (χ0) is 13.4. The van der Waals surface area contributed by atoms with Gasteiger partial charge in [-0.15, -0.1) is 0 Å². The lowest BCUT2D eigenvalue weighted by atomic mass is 9.88. The van der Waals surface area contributed by atoms with Crippen molar-refractivity contribution in [2.24, 2.45) is 5.73 Å². The number of halogens is 1. The molecule has 3 rings (SSSR count). The molecule has 1 heterocycles. The van der Waals surface area contributed by atoms with Crippen LogP contribution in [0.3, 0.4) is 0 Å². The Labute approximate surface area is 116 Å². The highest BCUT2D eigenvalue weighted by atomic mass is 35.5. The molecule has 4 heteroatoms. The summed E-state index contributed by atoms with van der Waals surface area (Å²) in [5.41, 5.74) is 7.68. The minimum absolute atomic E-state index is 0.0730. The summed E-state index contributed by atoms with van der Waals surface area (Å²) in [6.45, 7) is 0. The van der Waals surface area contributed by atoms with Crippen LogP contribution >= 0.6 is 11.6 Å². The molecule has 19 heavy (non-hydrogen) atoms. The monoisotopic (exact) mass is 272 g/mol. The van der Waals surface area contributed by atoms with Gasteiger partial charge in [0.05, 0.1) is 6.04 Å². The highest BCUT2D eigenvalue weighted by Crippen LogP contribution is 2.40. The van der Waals surface area contributed by atoms with E-state index in [0.29, 0.717) is 5.02 Å². The van der Waals surface area contributed by atoms with Gasteiger partial charge in [0, 0.05) is 10.7 Å². The van der Waals surface area contributed by atoms with Crippen molar-refractivity contribution < 1.29 is 4.79 Å². The van der Waals surface area contributed by atoms with Crippen molar-refractivity contribution in [3.63, 3.8) is 0 Å². The number of hydrogen-bond donors (Lipinski definition) is 1. The number of hydrogen-bond acceptors (Lipinski definition) is 2. The second-order valence-corrected chi connectivity index (χ2v) is 4.94. The number of carbonyl (C=O) groups excluding carboxylic acids is 1. The second kappa shape index (κ2) is 4.68. The molecule has 2 atom stereocenters. The van der Waals surface area contributed by atoms with E-state index in [2.05, 4.69) is 0 Å². The van der Waals surface area contributed by atoms with Gasteiger partial charge in [0.2, 0.25) is 5.91 Å². The number of carbonyl (C=O) groups is 1. The molecular weight excluding hydrogens is 260 g/mol. The smallest absolute Gasteiger partial charge is 0.247 e. The Morgan fingerprint density at radius 2 is 1.63 bits per heavy atom. The van der Waals surface area contributed by atoms with E-state index in [-0.39, 0.29) is 11.9 Å². The Morgan fingerprint density at radius 1 is 1.00 bits per heavy atom. The maximum Gasteiger partial charge on any atom is 0.247 e. The van der Waals surface area contributed by atoms with Gasteiger partial charge in [-0.2, -0.15) is 0 Å². The molecule has 2 aromatic carbocycles. The van der Waals surface area contributed by atoms with Gasteiger partial charge in [-0.3, -0.25) is 4.79 Å². The fourth-order valence-corrected chi connectivity index (χ4v) is 2.68. The summed E-state index contributed by atoms with van der Waals surface area (Å²) in [5.74, 6) is -0.0730. The minimum atomic E-state index is -0.528. The predicted octanol–water partition coefficient (Wildman–Crippen LogP) is 2.76. The summed E-state index contributed by atoms with van der Waals surface area (Å²) in [6, 6.07) is 16.3. The number of amides is 1. The van der Waals surface area contributed by atoms with E-state index in [9.17, 15) is 4.79 Å². The first-order chi connectivity index (χ1) is 9.20. The Balaban J connectivity index is 2.01. The average Bonchev–Trinajstić information content (AvgIpc) is 2.46. The molecule has 0 aliphatic carbocycles. The quantitative estimate of drug-likeness (QED) is 0.855. The topological polar surface area (TPSA) is 46.3 Å². The molecule has 1 aliphatic heterocycles. The van der Waals surface area contributed by atoms with Crippen LogP contribution < -0.4 is 10.6 Å². The third-order valence-corrected chi connectivity index (χ3v) is 3.74. The summed E-state index contributed by atoms with van der Waals surface area (Å²) in [7, 11) is 0. The zero-order valence-electron chi connectivity index (χ0n) is 10.2. The van der Waals surface area contributed by atoms with Crippen molar-refractivity contribution in [3.8, 4) is 0 Å². The van der Waals surface area contributed by atoms with Crippen LogP contribution in [0, 0.1) is 0 Å². The second-order valence-electron chi connectivity index (χ2n) is 4.54. The fraction of sp³-hybridized carbons (Fsp3) is 0.133. The van der Waals surface area contributed by atoms with E-state index in [4.69, 9.17) is 17.3 Å². The van der Waals surface area contributed by atoms with Gasteiger partial charge >= 0.3 is 0 Å². The third kappa shape index (κ3) is 1.91. The lowest BCUT2D eigenvalue weighted by molar-refractivity contribution is -0.126. The number of nitrogens with two attached hydrogens (primary N) is 1. The Kier molecular flexibility index (Phi) is 3.01. The maximum absolute atomic E-state index is 12.0. The first-order valence-electron chi connectivity index (χ1n) is 6.08. The first-order valence-corrected chi connectivity index (χ1v) is 6.46. The zero-order valence-corrected chi connectivity index (χ0v) is 10.9. The molecule has 96 valence electrons. The van der Waals surface area contributed by atoms with Crippen LogP contribution in [0.4, 0.5) is 5.69 Å². The van der Waals surface area contributed by atoms with Crippen molar-refractivity contribution in [3.05, 3.63) is 65.2 Å². The molecule has 0 saturated carbocycles. The molecule has 0 unspecified atom stereocenters. The largest absolute Gasteiger partial charge is 0.318 e. The molecule has 2 N–H and O–H groups in total. The molecule has 2 aromatic rings. The van der Waals surface area contributed by atoms with Crippen LogP contribution in [0.2, 0.25) is 5.02 Å². The van der Waals surface area contributed by atoms with Gasteiger partial charge in [0.25, 0.3) is 0 Å². The minimum Gasteiger partial charge on any atom is -0.318 e. The van der Waals surface area contributed by atoms with E-state index >= 15 is 0 Å². The molecule has 1 fully saturated rings. The lowest BCUT2D eigenvalue weighted by Crippen LogP contribution is -2.63. The van der Waals surface area contributed by atoms with Gasteiger partial charge in [-0.25, -0.2) is 0 Å². The van der Waals surface area contributed by atoms with Crippen molar-refractivity contribution in [1.29, 1.82) is 0 Å². The molecule has 1 saturated heterocycles. The third-order valence-electron chi connectivity index (χ3n) is 3.40. The van der Waals surface area contributed by atoms with Gasteiger partial charge in [-0.1, -0.05) is 48.0 Å². The summed E-state index contributed by atoms with van der Waals surface area (Å²) in [6.07, 6.45) is 0. The van der Waals surface area contributed by atoms with E-state index in [1.165, 1.54) is 0 Å². The molecular formula is C15H13ClN2O. The molecule has 3 nitrogen and oxygen atoms in total. The SMILES string of the molecule is N[C@H]1C(=O)N(c2ccccc2)[C@@H]1c1ccccc1Cl. The Morgan fingerprint density at radius 3 is 2.32 bits per heavy atom. The number of β-lactam (4-membered cyclic amide) rings is 1. The Hall–Kier alpha value is -1.84. The Bertz CT molecular complexity index is 615. The van der Waals surface area contributed by atoms with Crippen LogP contribution in [0.1, 0.15) is 11.6 Å². The maximum atomic E-state index is 12.0. The van der Waals surface area contributed by atoms with Crippen LogP contribution in [-0.4, -0.2) is 11.9 Å². The molecule has 0 bridgehead atoms. The average molecular weight is 273 g/mol. The van der Waals surface area contributed by atoms with E-state index in [1.807, 2.05) is 54.6 Å². The van der Waals surface area contributed by atoms with Crippen molar-refractivity contribution in [2.45, 2.75) is 12.1 Å². The number of nitrogens with zero attached hydrogens (tertiary/aromatic N) is 1. The van der Waals surface area contributed by atoms with Crippen LogP contribution in [0.15, 0.2) is 54.6 Å². The van der Waals surface area contributed by atoms with E-state index in [1.54, 1.807) is 4.90 Å². The van der Waals surface area contributed by atoms with Crippen molar-refractivity contribution in [1.82, 2.24) is 0 Å². The molecule has 1 amide bonds. The number of rotatable bonds is 2. The summed E-state index contributed by atoms with van der Waals surface area (Å²) in [5, 5.41) is 0.636. The summed E-state index contributed by atoms with van der Waals surface area (Å²) >= 11 is 6.20. The lowest BCUT2D eigenvalue weighted by Gasteiger charge is -2.45. The van der Waals surface area contributed by atoms with E-state index in [0.717, 1.165) is 11.3 Å². The fourth-order valence-electron chi connectivity index (χ4n) is 2.44. The van der Waals surface area contributed by atoms with Crippen LogP contribution in [-0.2, 0) is 4.79 Å². The number of anilines is 1. The molecule has 0 aromatic heterocycles. The molecule has 0 radical (unpaired) electrons. The van der Waals surface area contributed by atoms with Crippen molar-refractivity contribution in [2.75, 3.05) is 4.90 Å². The molecule has 1 aliphatic rings. The summed E-state index contributed by atoms with van der Waals surface area (Å²) in [4.78, 5) is 13.7. The number of benzene rings is 2. The van der Waals surface area contributed by atoms with Crippen LogP contribution in [0.5, 0.6) is 0 Å². The first kappa shape index (κ1) is 12.2. The van der Waals surface area contributed by atoms with Gasteiger partial charge in [0.1, 0.15) is 6.04 Å². The highest BCUT2D eigenvalue weighted by molar-refractivity contribution is 6.31. The number of para-hydroxylation sites is 1. The summed E-state index contributed by atoms with van der Waals surface area (Å²) < 4.78 is 0. The van der Waals surface area contributed by atoms with Gasteiger partial charge < -0.3 is 10.6 Å². The van der Waals surface area contributed by atoms with Gasteiger partial charge in [-0.05, 0) is 23.8 Å². The predicted molar refractivity (Wildman–Crippen MR) is 76.1 cm³/mol. The van der Waals surface area contributed by atoms with Gasteiger partial charge in [0.15, 0.2) is 0 Å². The van der Waals surface area contributed by atoms with E-state index < -0.39 is 6.04 Å². The molecule has 0 spiro atoms. The highest BCUT2D eigenvalue weighted by Gasteiger charge is 2.47.